The van der Waals surface area contributed by atoms with Gasteiger partial charge in [0.2, 0.25) is 0 Å². The van der Waals surface area contributed by atoms with Crippen molar-refractivity contribution in [2.24, 2.45) is 11.8 Å². The highest BCUT2D eigenvalue weighted by atomic mass is 16.3. The van der Waals surface area contributed by atoms with Crippen LogP contribution in [0.15, 0.2) is 0 Å². The summed E-state index contributed by atoms with van der Waals surface area (Å²) in [6.45, 7) is 7.15. The third-order valence-corrected chi connectivity index (χ3v) is 3.82. The maximum Gasteiger partial charge on any atom is 0.0474 e. The summed E-state index contributed by atoms with van der Waals surface area (Å²) in [7, 11) is 0. The zero-order valence-corrected chi connectivity index (χ0v) is 10.5. The summed E-state index contributed by atoms with van der Waals surface area (Å²) in [5, 5.41) is 13.1. The molecule has 90 valence electrons. The summed E-state index contributed by atoms with van der Waals surface area (Å²) in [4.78, 5) is 0. The molecular formula is C13H27NO. The molecule has 0 aromatic carbocycles. The van der Waals surface area contributed by atoms with Gasteiger partial charge in [0.15, 0.2) is 0 Å². The van der Waals surface area contributed by atoms with E-state index in [9.17, 15) is 5.11 Å². The highest BCUT2D eigenvalue weighted by Crippen LogP contribution is 2.25. The molecule has 1 rings (SSSR count). The van der Waals surface area contributed by atoms with E-state index in [1.807, 2.05) is 0 Å². The predicted molar refractivity (Wildman–Crippen MR) is 64.9 cm³/mol. The van der Waals surface area contributed by atoms with E-state index in [-0.39, 0.29) is 0 Å². The van der Waals surface area contributed by atoms with Gasteiger partial charge >= 0.3 is 0 Å². The molecule has 0 aliphatic heterocycles. The zero-order valence-electron chi connectivity index (χ0n) is 10.5. The molecule has 3 unspecified atom stereocenters. The van der Waals surface area contributed by atoms with Gasteiger partial charge in [-0.15, -0.1) is 0 Å². The van der Waals surface area contributed by atoms with Crippen molar-refractivity contribution in [3.63, 3.8) is 0 Å². The SMILES string of the molecule is CCC(NC1CCCCC1CO)C(C)C. The van der Waals surface area contributed by atoms with Crippen molar-refractivity contribution in [2.75, 3.05) is 6.61 Å². The second kappa shape index (κ2) is 6.49. The average Bonchev–Trinajstić information content (AvgIpc) is 2.25. The molecule has 0 heterocycles. The largest absolute Gasteiger partial charge is 0.396 e. The summed E-state index contributed by atoms with van der Waals surface area (Å²) in [6.07, 6.45) is 6.24. The second-order valence-corrected chi connectivity index (χ2v) is 5.26. The van der Waals surface area contributed by atoms with Gasteiger partial charge in [-0.25, -0.2) is 0 Å². The molecular weight excluding hydrogens is 186 g/mol. The molecule has 0 radical (unpaired) electrons. The number of nitrogens with one attached hydrogen (secondary N) is 1. The minimum absolute atomic E-state index is 0.353. The second-order valence-electron chi connectivity index (χ2n) is 5.26. The minimum atomic E-state index is 0.353. The Hall–Kier alpha value is -0.0800. The third kappa shape index (κ3) is 3.76. The van der Waals surface area contributed by atoms with Crippen LogP contribution >= 0.6 is 0 Å². The summed E-state index contributed by atoms with van der Waals surface area (Å²) < 4.78 is 0. The van der Waals surface area contributed by atoms with E-state index in [4.69, 9.17) is 0 Å². The van der Waals surface area contributed by atoms with Gasteiger partial charge in [-0.2, -0.15) is 0 Å². The van der Waals surface area contributed by atoms with Crippen molar-refractivity contribution in [3.8, 4) is 0 Å². The first kappa shape index (κ1) is 13.0. The molecule has 1 saturated carbocycles. The topological polar surface area (TPSA) is 32.3 Å². The van der Waals surface area contributed by atoms with E-state index < -0.39 is 0 Å². The number of rotatable bonds is 5. The van der Waals surface area contributed by atoms with Crippen molar-refractivity contribution in [2.45, 2.75) is 65.0 Å². The Morgan fingerprint density at radius 1 is 1.27 bits per heavy atom. The standard InChI is InChI=1S/C13H27NO/c1-4-12(10(2)3)14-13-8-6-5-7-11(13)9-15/h10-15H,4-9H2,1-3H3. The Morgan fingerprint density at radius 2 is 1.93 bits per heavy atom. The lowest BCUT2D eigenvalue weighted by Crippen LogP contribution is -2.47. The lowest BCUT2D eigenvalue weighted by molar-refractivity contribution is 0.139. The third-order valence-electron chi connectivity index (χ3n) is 3.82. The summed E-state index contributed by atoms with van der Waals surface area (Å²) >= 11 is 0. The van der Waals surface area contributed by atoms with Crippen LogP contribution in [-0.2, 0) is 0 Å². The van der Waals surface area contributed by atoms with Crippen LogP contribution in [0.1, 0.15) is 52.9 Å². The van der Waals surface area contributed by atoms with Gasteiger partial charge in [0.25, 0.3) is 0 Å². The first-order chi connectivity index (χ1) is 7.19. The fourth-order valence-electron chi connectivity index (χ4n) is 2.70. The Balaban J connectivity index is 2.46. The Labute approximate surface area is 94.5 Å². The fraction of sp³-hybridized carbons (Fsp3) is 1.00. The van der Waals surface area contributed by atoms with Crippen molar-refractivity contribution < 1.29 is 5.11 Å². The smallest absolute Gasteiger partial charge is 0.0474 e. The normalized spacial score (nSPS) is 29.4. The lowest BCUT2D eigenvalue weighted by atomic mass is 9.84. The van der Waals surface area contributed by atoms with Crippen LogP contribution in [0.4, 0.5) is 0 Å². The molecule has 0 amide bonds. The number of aliphatic hydroxyl groups excluding tert-OH is 1. The first-order valence-electron chi connectivity index (χ1n) is 6.56. The van der Waals surface area contributed by atoms with Crippen LogP contribution in [-0.4, -0.2) is 23.8 Å². The van der Waals surface area contributed by atoms with Gasteiger partial charge in [-0.3, -0.25) is 0 Å². The monoisotopic (exact) mass is 213 g/mol. The molecule has 2 N–H and O–H groups in total. The quantitative estimate of drug-likeness (QED) is 0.735. The molecule has 0 saturated heterocycles. The van der Waals surface area contributed by atoms with Crippen molar-refractivity contribution in [1.82, 2.24) is 5.32 Å². The highest BCUT2D eigenvalue weighted by Gasteiger charge is 2.26. The Kier molecular flexibility index (Phi) is 5.62. The lowest BCUT2D eigenvalue weighted by Gasteiger charge is -2.35. The van der Waals surface area contributed by atoms with Gasteiger partial charge in [0, 0.05) is 18.7 Å². The maximum absolute atomic E-state index is 9.35. The van der Waals surface area contributed by atoms with Crippen LogP contribution in [0.3, 0.4) is 0 Å². The zero-order chi connectivity index (χ0) is 11.3. The van der Waals surface area contributed by atoms with Crippen LogP contribution in [0, 0.1) is 11.8 Å². The van der Waals surface area contributed by atoms with E-state index in [0.717, 1.165) is 0 Å². The van der Waals surface area contributed by atoms with Crippen molar-refractivity contribution >= 4 is 0 Å². The van der Waals surface area contributed by atoms with Gasteiger partial charge < -0.3 is 10.4 Å². The highest BCUT2D eigenvalue weighted by molar-refractivity contribution is 4.84. The fourth-order valence-corrected chi connectivity index (χ4v) is 2.70. The van der Waals surface area contributed by atoms with E-state index in [1.165, 1.54) is 32.1 Å². The van der Waals surface area contributed by atoms with E-state index in [0.29, 0.717) is 30.5 Å². The Bertz CT molecular complexity index is 170. The van der Waals surface area contributed by atoms with Gasteiger partial charge in [0.1, 0.15) is 0 Å². The maximum atomic E-state index is 9.35. The van der Waals surface area contributed by atoms with Gasteiger partial charge in [-0.05, 0) is 31.1 Å². The van der Waals surface area contributed by atoms with E-state index in [2.05, 4.69) is 26.1 Å². The van der Waals surface area contributed by atoms with Crippen LogP contribution in [0.2, 0.25) is 0 Å². The van der Waals surface area contributed by atoms with Crippen LogP contribution in [0.25, 0.3) is 0 Å². The summed E-state index contributed by atoms with van der Waals surface area (Å²) in [5.74, 6) is 1.18. The molecule has 15 heavy (non-hydrogen) atoms. The predicted octanol–water partition coefficient (Wildman–Crippen LogP) is 2.56. The minimum Gasteiger partial charge on any atom is -0.396 e. The molecule has 1 aliphatic carbocycles. The number of hydrogen-bond donors (Lipinski definition) is 2. The molecule has 0 aromatic heterocycles. The molecule has 0 bridgehead atoms. The van der Waals surface area contributed by atoms with E-state index in [1.54, 1.807) is 0 Å². The van der Waals surface area contributed by atoms with Gasteiger partial charge in [-0.1, -0.05) is 33.6 Å². The van der Waals surface area contributed by atoms with Crippen LogP contribution in [0.5, 0.6) is 0 Å². The summed E-state index contributed by atoms with van der Waals surface area (Å²) in [5.41, 5.74) is 0. The average molecular weight is 213 g/mol. The van der Waals surface area contributed by atoms with Crippen LogP contribution < -0.4 is 5.32 Å². The molecule has 2 nitrogen and oxygen atoms in total. The molecule has 3 atom stereocenters. The summed E-state index contributed by atoms with van der Waals surface area (Å²) in [6, 6.07) is 1.17. The molecule has 1 aliphatic rings. The van der Waals surface area contributed by atoms with E-state index >= 15 is 0 Å². The molecule has 2 heteroatoms. The Morgan fingerprint density at radius 3 is 2.47 bits per heavy atom. The first-order valence-corrected chi connectivity index (χ1v) is 6.56. The van der Waals surface area contributed by atoms with Crippen molar-refractivity contribution in [1.29, 1.82) is 0 Å². The number of hydrogen-bond acceptors (Lipinski definition) is 2. The molecule has 0 aromatic rings. The van der Waals surface area contributed by atoms with Gasteiger partial charge in [0.05, 0.1) is 0 Å². The number of aliphatic hydroxyl groups is 1. The van der Waals surface area contributed by atoms with Crippen molar-refractivity contribution in [3.05, 3.63) is 0 Å². The molecule has 0 spiro atoms. The molecule has 1 fully saturated rings.